The fourth-order valence-electron chi connectivity index (χ4n) is 1.26. The van der Waals surface area contributed by atoms with E-state index in [1.807, 2.05) is 0 Å². The molecule has 0 aromatic heterocycles. The maximum absolute atomic E-state index is 11.3. The second-order valence-corrected chi connectivity index (χ2v) is 3.43. The van der Waals surface area contributed by atoms with Crippen molar-refractivity contribution in [3.8, 4) is 11.5 Å². The highest BCUT2D eigenvalue weighted by molar-refractivity contribution is 6.30. The van der Waals surface area contributed by atoms with Gasteiger partial charge in [0.1, 0.15) is 11.5 Å². The Morgan fingerprint density at radius 3 is 2.44 bits per heavy atom. The molecule has 0 heterocycles. The van der Waals surface area contributed by atoms with Crippen LogP contribution in [0.25, 0.3) is 0 Å². The quantitative estimate of drug-likeness (QED) is 0.601. The standard InChI is InChI=1S/C11H13ClO4/c1-14-7-4-5-8(9(6-7)15-2)10(12)11(13)16-3/h4-6,10H,1-3H3. The van der Waals surface area contributed by atoms with Crippen LogP contribution >= 0.6 is 11.6 Å². The summed E-state index contributed by atoms with van der Waals surface area (Å²) in [5.41, 5.74) is 0.553. The van der Waals surface area contributed by atoms with Crippen molar-refractivity contribution in [2.75, 3.05) is 21.3 Å². The molecule has 1 rings (SSSR count). The lowest BCUT2D eigenvalue weighted by Gasteiger charge is -2.13. The molecule has 0 amide bonds. The maximum Gasteiger partial charge on any atom is 0.328 e. The molecule has 16 heavy (non-hydrogen) atoms. The van der Waals surface area contributed by atoms with Crippen molar-refractivity contribution in [1.82, 2.24) is 0 Å². The number of alkyl halides is 1. The third kappa shape index (κ3) is 2.58. The lowest BCUT2D eigenvalue weighted by Crippen LogP contribution is -2.09. The van der Waals surface area contributed by atoms with E-state index < -0.39 is 11.3 Å². The number of carbonyl (C=O) groups is 1. The van der Waals surface area contributed by atoms with Gasteiger partial charge in [0.25, 0.3) is 0 Å². The molecule has 1 aromatic rings. The van der Waals surface area contributed by atoms with Gasteiger partial charge in [0.15, 0.2) is 5.38 Å². The summed E-state index contributed by atoms with van der Waals surface area (Å²) in [5.74, 6) is 0.601. The average molecular weight is 245 g/mol. The Balaban J connectivity index is 3.08. The van der Waals surface area contributed by atoms with Gasteiger partial charge in [0.05, 0.1) is 21.3 Å². The second kappa shape index (κ2) is 5.61. The SMILES string of the molecule is COC(=O)C(Cl)c1ccc(OC)cc1OC. The van der Waals surface area contributed by atoms with Gasteiger partial charge < -0.3 is 14.2 Å². The topological polar surface area (TPSA) is 44.8 Å². The molecule has 88 valence electrons. The molecule has 0 radical (unpaired) electrons. The van der Waals surface area contributed by atoms with Gasteiger partial charge in [-0.15, -0.1) is 11.6 Å². The minimum Gasteiger partial charge on any atom is -0.497 e. The molecule has 0 fully saturated rings. The molecule has 0 saturated carbocycles. The van der Waals surface area contributed by atoms with Crippen LogP contribution in [0, 0.1) is 0 Å². The lowest BCUT2D eigenvalue weighted by molar-refractivity contribution is -0.140. The van der Waals surface area contributed by atoms with Gasteiger partial charge in [0.2, 0.25) is 0 Å². The number of benzene rings is 1. The van der Waals surface area contributed by atoms with Crippen LogP contribution in [0.3, 0.4) is 0 Å². The summed E-state index contributed by atoms with van der Waals surface area (Å²) in [6, 6.07) is 5.04. The Labute approximate surface area is 99.1 Å². The van der Waals surface area contributed by atoms with E-state index in [1.165, 1.54) is 14.2 Å². The van der Waals surface area contributed by atoms with Crippen molar-refractivity contribution in [2.45, 2.75) is 5.38 Å². The first kappa shape index (κ1) is 12.6. The number of methoxy groups -OCH3 is 3. The van der Waals surface area contributed by atoms with Crippen LogP contribution in [-0.2, 0) is 9.53 Å². The van der Waals surface area contributed by atoms with Crippen molar-refractivity contribution in [2.24, 2.45) is 0 Å². The van der Waals surface area contributed by atoms with Gasteiger partial charge in [-0.25, -0.2) is 0 Å². The molecule has 5 heteroatoms. The van der Waals surface area contributed by atoms with Crippen LogP contribution in [0.4, 0.5) is 0 Å². The van der Waals surface area contributed by atoms with E-state index in [0.29, 0.717) is 17.1 Å². The Bertz CT molecular complexity index is 378. The van der Waals surface area contributed by atoms with E-state index in [2.05, 4.69) is 4.74 Å². The Hall–Kier alpha value is -1.42. The number of rotatable bonds is 4. The summed E-state index contributed by atoms with van der Waals surface area (Å²) in [6.07, 6.45) is 0. The number of esters is 1. The van der Waals surface area contributed by atoms with E-state index in [1.54, 1.807) is 25.3 Å². The van der Waals surface area contributed by atoms with E-state index in [0.717, 1.165) is 0 Å². The molecule has 0 bridgehead atoms. The van der Waals surface area contributed by atoms with Crippen molar-refractivity contribution in [3.05, 3.63) is 23.8 Å². The number of carbonyl (C=O) groups excluding carboxylic acids is 1. The third-order valence-electron chi connectivity index (χ3n) is 2.12. The fraction of sp³-hybridized carbons (Fsp3) is 0.364. The molecule has 1 atom stereocenters. The van der Waals surface area contributed by atoms with Gasteiger partial charge in [-0.05, 0) is 12.1 Å². The largest absolute Gasteiger partial charge is 0.497 e. The zero-order valence-corrected chi connectivity index (χ0v) is 10.1. The summed E-state index contributed by atoms with van der Waals surface area (Å²) < 4.78 is 14.7. The molecule has 0 saturated heterocycles. The van der Waals surface area contributed by atoms with E-state index in [-0.39, 0.29) is 0 Å². The molecular weight excluding hydrogens is 232 g/mol. The van der Waals surface area contributed by atoms with Gasteiger partial charge in [-0.3, -0.25) is 4.79 Å². The summed E-state index contributed by atoms with van der Waals surface area (Å²) in [7, 11) is 4.33. The first-order chi connectivity index (χ1) is 7.63. The third-order valence-corrected chi connectivity index (χ3v) is 2.54. The Kier molecular flexibility index (Phi) is 4.43. The van der Waals surface area contributed by atoms with Crippen molar-refractivity contribution in [1.29, 1.82) is 0 Å². The van der Waals surface area contributed by atoms with Crippen LogP contribution in [0.2, 0.25) is 0 Å². The molecule has 0 spiro atoms. The molecule has 4 nitrogen and oxygen atoms in total. The van der Waals surface area contributed by atoms with Crippen molar-refractivity contribution in [3.63, 3.8) is 0 Å². The first-order valence-electron chi connectivity index (χ1n) is 4.57. The Morgan fingerprint density at radius 2 is 1.94 bits per heavy atom. The van der Waals surface area contributed by atoms with Crippen LogP contribution in [-0.4, -0.2) is 27.3 Å². The zero-order valence-electron chi connectivity index (χ0n) is 9.32. The number of halogens is 1. The molecule has 0 aliphatic heterocycles. The summed E-state index contributed by atoms with van der Waals surface area (Å²) >= 11 is 5.94. The Morgan fingerprint density at radius 1 is 1.25 bits per heavy atom. The minimum absolute atomic E-state index is 0.491. The smallest absolute Gasteiger partial charge is 0.328 e. The molecular formula is C11H13ClO4. The van der Waals surface area contributed by atoms with Crippen molar-refractivity contribution >= 4 is 17.6 Å². The predicted octanol–water partition coefficient (Wildman–Crippen LogP) is 2.16. The highest BCUT2D eigenvalue weighted by atomic mass is 35.5. The van der Waals surface area contributed by atoms with Crippen LogP contribution in [0.15, 0.2) is 18.2 Å². The molecule has 0 aliphatic carbocycles. The minimum atomic E-state index is -0.883. The molecule has 1 aromatic carbocycles. The number of hydrogen-bond donors (Lipinski definition) is 0. The molecule has 1 unspecified atom stereocenters. The predicted molar refractivity (Wildman–Crippen MR) is 60.2 cm³/mol. The summed E-state index contributed by atoms with van der Waals surface area (Å²) in [5, 5.41) is -0.883. The van der Waals surface area contributed by atoms with E-state index in [4.69, 9.17) is 21.1 Å². The molecule has 0 aliphatic rings. The monoisotopic (exact) mass is 244 g/mol. The van der Waals surface area contributed by atoms with Crippen LogP contribution < -0.4 is 9.47 Å². The highest BCUT2D eigenvalue weighted by Gasteiger charge is 2.22. The van der Waals surface area contributed by atoms with E-state index >= 15 is 0 Å². The average Bonchev–Trinajstić information content (AvgIpc) is 2.35. The number of ether oxygens (including phenoxy) is 3. The molecule has 0 N–H and O–H groups in total. The fourth-order valence-corrected chi connectivity index (χ4v) is 1.53. The maximum atomic E-state index is 11.3. The zero-order chi connectivity index (χ0) is 12.1. The summed E-state index contributed by atoms with van der Waals surface area (Å²) in [6.45, 7) is 0. The highest BCUT2D eigenvalue weighted by Crippen LogP contribution is 2.33. The first-order valence-corrected chi connectivity index (χ1v) is 5.01. The van der Waals surface area contributed by atoms with Gasteiger partial charge in [-0.1, -0.05) is 0 Å². The van der Waals surface area contributed by atoms with E-state index in [9.17, 15) is 4.79 Å². The van der Waals surface area contributed by atoms with Crippen molar-refractivity contribution < 1.29 is 19.0 Å². The van der Waals surface area contributed by atoms with Gasteiger partial charge >= 0.3 is 5.97 Å². The lowest BCUT2D eigenvalue weighted by atomic mass is 10.1. The van der Waals surface area contributed by atoms with Gasteiger partial charge in [0, 0.05) is 11.6 Å². The van der Waals surface area contributed by atoms with Crippen LogP contribution in [0.1, 0.15) is 10.9 Å². The van der Waals surface area contributed by atoms with Crippen LogP contribution in [0.5, 0.6) is 11.5 Å². The second-order valence-electron chi connectivity index (χ2n) is 2.99. The van der Waals surface area contributed by atoms with Gasteiger partial charge in [-0.2, -0.15) is 0 Å². The normalized spacial score (nSPS) is 11.8. The number of hydrogen-bond acceptors (Lipinski definition) is 4. The summed E-state index contributed by atoms with van der Waals surface area (Å²) in [4.78, 5) is 11.3.